The number of likely N-dealkylation sites (tertiary alicyclic amines) is 1. The molecule has 3 rings (SSSR count). The molecular formula is C18H29N3O. The molecule has 0 aliphatic carbocycles. The summed E-state index contributed by atoms with van der Waals surface area (Å²) < 4.78 is 5.40. The van der Waals surface area contributed by atoms with E-state index in [4.69, 9.17) is 10.5 Å². The summed E-state index contributed by atoms with van der Waals surface area (Å²) in [6.45, 7) is 6.96. The second-order valence-electron chi connectivity index (χ2n) is 7.17. The standard InChI is InChI=1S/C18H29N3O/c1-14-12-15(19)17(22-3)13-16(14)21-10-6-18(7-11-21)4-8-20(2)9-5-18/h12-13H,4-11,19H2,1-3H3. The normalized spacial score (nSPS) is 22.0. The van der Waals surface area contributed by atoms with E-state index in [1.54, 1.807) is 7.11 Å². The first-order valence-electron chi connectivity index (χ1n) is 8.41. The van der Waals surface area contributed by atoms with Gasteiger partial charge in [0.1, 0.15) is 5.75 Å². The van der Waals surface area contributed by atoms with Gasteiger partial charge in [0.15, 0.2) is 0 Å². The topological polar surface area (TPSA) is 41.7 Å². The summed E-state index contributed by atoms with van der Waals surface area (Å²) in [4.78, 5) is 4.98. The molecule has 0 bridgehead atoms. The van der Waals surface area contributed by atoms with Crippen molar-refractivity contribution in [1.82, 2.24) is 4.90 Å². The highest BCUT2D eigenvalue weighted by Gasteiger charge is 2.37. The van der Waals surface area contributed by atoms with Crippen molar-refractivity contribution in [3.8, 4) is 5.75 Å². The Morgan fingerprint density at radius 1 is 1.05 bits per heavy atom. The molecule has 22 heavy (non-hydrogen) atoms. The second kappa shape index (κ2) is 5.99. The van der Waals surface area contributed by atoms with Crippen LogP contribution in [0.1, 0.15) is 31.2 Å². The number of nitrogens with zero attached hydrogens (tertiary/aromatic N) is 2. The average Bonchev–Trinajstić information content (AvgIpc) is 2.52. The van der Waals surface area contributed by atoms with E-state index in [2.05, 4.69) is 29.8 Å². The summed E-state index contributed by atoms with van der Waals surface area (Å²) in [6.07, 6.45) is 5.35. The Morgan fingerprint density at radius 3 is 2.23 bits per heavy atom. The largest absolute Gasteiger partial charge is 0.495 e. The van der Waals surface area contributed by atoms with Gasteiger partial charge >= 0.3 is 0 Å². The third-order valence-electron chi connectivity index (χ3n) is 5.76. The number of piperidine rings is 2. The van der Waals surface area contributed by atoms with Crippen LogP contribution in [0.2, 0.25) is 0 Å². The number of aryl methyl sites for hydroxylation is 1. The first-order valence-corrected chi connectivity index (χ1v) is 8.41. The van der Waals surface area contributed by atoms with Crippen molar-refractivity contribution in [2.45, 2.75) is 32.6 Å². The van der Waals surface area contributed by atoms with Gasteiger partial charge in [-0.05, 0) is 69.8 Å². The summed E-state index contributed by atoms with van der Waals surface area (Å²) in [5, 5.41) is 0. The Kier molecular flexibility index (Phi) is 4.22. The lowest BCUT2D eigenvalue weighted by Crippen LogP contribution is -2.46. The van der Waals surface area contributed by atoms with Crippen LogP contribution in [0.5, 0.6) is 5.75 Å². The van der Waals surface area contributed by atoms with Crippen molar-refractivity contribution in [3.63, 3.8) is 0 Å². The van der Waals surface area contributed by atoms with E-state index in [9.17, 15) is 0 Å². The molecule has 2 heterocycles. The maximum Gasteiger partial charge on any atom is 0.143 e. The number of nitrogen functional groups attached to an aromatic ring is 1. The van der Waals surface area contributed by atoms with E-state index in [-0.39, 0.29) is 0 Å². The van der Waals surface area contributed by atoms with Crippen LogP contribution < -0.4 is 15.4 Å². The van der Waals surface area contributed by atoms with E-state index in [0.717, 1.165) is 24.5 Å². The highest BCUT2D eigenvalue weighted by molar-refractivity contribution is 5.66. The molecule has 1 aromatic carbocycles. The Morgan fingerprint density at radius 2 is 1.64 bits per heavy atom. The molecule has 2 aliphatic rings. The van der Waals surface area contributed by atoms with Crippen LogP contribution in [0.25, 0.3) is 0 Å². The summed E-state index contributed by atoms with van der Waals surface area (Å²) in [5.41, 5.74) is 9.86. The lowest BCUT2D eigenvalue weighted by molar-refractivity contribution is 0.0944. The molecule has 0 radical (unpaired) electrons. The molecule has 2 saturated heterocycles. The van der Waals surface area contributed by atoms with Crippen molar-refractivity contribution in [2.75, 3.05) is 51.0 Å². The fourth-order valence-corrected chi connectivity index (χ4v) is 4.03. The summed E-state index contributed by atoms with van der Waals surface area (Å²) in [5.74, 6) is 0.792. The second-order valence-corrected chi connectivity index (χ2v) is 7.17. The van der Waals surface area contributed by atoms with Gasteiger partial charge in [0, 0.05) is 24.8 Å². The molecule has 4 nitrogen and oxygen atoms in total. The number of hydrogen-bond donors (Lipinski definition) is 1. The van der Waals surface area contributed by atoms with Crippen LogP contribution in [-0.4, -0.2) is 45.2 Å². The lowest BCUT2D eigenvalue weighted by Gasteiger charge is -2.47. The molecule has 4 heteroatoms. The molecule has 2 N–H and O–H groups in total. The van der Waals surface area contributed by atoms with Crippen LogP contribution in [-0.2, 0) is 0 Å². The van der Waals surface area contributed by atoms with Crippen molar-refractivity contribution in [1.29, 1.82) is 0 Å². The molecule has 1 spiro atoms. The lowest BCUT2D eigenvalue weighted by atomic mass is 9.71. The fraction of sp³-hybridized carbons (Fsp3) is 0.667. The number of benzene rings is 1. The zero-order valence-corrected chi connectivity index (χ0v) is 14.2. The van der Waals surface area contributed by atoms with Gasteiger partial charge in [0.05, 0.1) is 12.8 Å². The third kappa shape index (κ3) is 2.89. The fourth-order valence-electron chi connectivity index (χ4n) is 4.03. The SMILES string of the molecule is COc1cc(N2CCC3(CCN(C)CC3)CC2)c(C)cc1N. The quantitative estimate of drug-likeness (QED) is 0.853. The highest BCUT2D eigenvalue weighted by Crippen LogP contribution is 2.43. The van der Waals surface area contributed by atoms with Gasteiger partial charge in [-0.2, -0.15) is 0 Å². The first kappa shape index (κ1) is 15.5. The number of nitrogens with two attached hydrogens (primary N) is 1. The molecule has 0 atom stereocenters. The first-order chi connectivity index (χ1) is 10.5. The molecule has 2 aliphatic heterocycles. The molecule has 0 amide bonds. The summed E-state index contributed by atoms with van der Waals surface area (Å²) >= 11 is 0. The Bertz CT molecular complexity index is 525. The summed E-state index contributed by atoms with van der Waals surface area (Å²) in [7, 11) is 3.93. The zero-order valence-electron chi connectivity index (χ0n) is 14.2. The van der Waals surface area contributed by atoms with Crippen molar-refractivity contribution in [2.24, 2.45) is 5.41 Å². The van der Waals surface area contributed by atoms with E-state index >= 15 is 0 Å². The van der Waals surface area contributed by atoms with Gasteiger partial charge in [-0.3, -0.25) is 0 Å². The van der Waals surface area contributed by atoms with Crippen molar-refractivity contribution >= 4 is 11.4 Å². The number of rotatable bonds is 2. The van der Waals surface area contributed by atoms with E-state index in [0.29, 0.717) is 5.41 Å². The van der Waals surface area contributed by atoms with Gasteiger partial charge < -0.3 is 20.3 Å². The minimum atomic E-state index is 0.592. The monoisotopic (exact) mass is 303 g/mol. The van der Waals surface area contributed by atoms with Gasteiger partial charge in [0.25, 0.3) is 0 Å². The Balaban J connectivity index is 1.71. The van der Waals surface area contributed by atoms with E-state index in [1.807, 2.05) is 6.07 Å². The van der Waals surface area contributed by atoms with Gasteiger partial charge in [0.2, 0.25) is 0 Å². The average molecular weight is 303 g/mol. The molecule has 1 aromatic rings. The Hall–Kier alpha value is -1.42. The van der Waals surface area contributed by atoms with Crippen LogP contribution in [0.3, 0.4) is 0 Å². The zero-order chi connectivity index (χ0) is 15.7. The highest BCUT2D eigenvalue weighted by atomic mass is 16.5. The third-order valence-corrected chi connectivity index (χ3v) is 5.76. The van der Waals surface area contributed by atoms with E-state index < -0.39 is 0 Å². The number of methoxy groups -OCH3 is 1. The van der Waals surface area contributed by atoms with Crippen LogP contribution in [0.15, 0.2) is 12.1 Å². The predicted molar refractivity (Wildman–Crippen MR) is 92.8 cm³/mol. The Labute approximate surface area is 134 Å². The minimum absolute atomic E-state index is 0.592. The van der Waals surface area contributed by atoms with Crippen LogP contribution in [0, 0.1) is 12.3 Å². The smallest absolute Gasteiger partial charge is 0.143 e. The molecular weight excluding hydrogens is 274 g/mol. The number of anilines is 2. The molecule has 122 valence electrons. The van der Waals surface area contributed by atoms with Crippen LogP contribution in [0.4, 0.5) is 11.4 Å². The van der Waals surface area contributed by atoms with Crippen LogP contribution >= 0.6 is 0 Å². The van der Waals surface area contributed by atoms with E-state index in [1.165, 1.54) is 50.0 Å². The van der Waals surface area contributed by atoms with Crippen molar-refractivity contribution < 1.29 is 4.74 Å². The molecule has 0 saturated carbocycles. The van der Waals surface area contributed by atoms with Gasteiger partial charge in [-0.25, -0.2) is 0 Å². The molecule has 0 aromatic heterocycles. The molecule has 0 unspecified atom stereocenters. The minimum Gasteiger partial charge on any atom is -0.495 e. The van der Waals surface area contributed by atoms with Crippen molar-refractivity contribution in [3.05, 3.63) is 17.7 Å². The summed E-state index contributed by atoms with van der Waals surface area (Å²) in [6, 6.07) is 4.14. The van der Waals surface area contributed by atoms with Gasteiger partial charge in [-0.1, -0.05) is 0 Å². The number of ether oxygens (including phenoxy) is 1. The molecule has 2 fully saturated rings. The predicted octanol–water partition coefficient (Wildman–Crippen LogP) is 2.90. The number of hydrogen-bond acceptors (Lipinski definition) is 4. The van der Waals surface area contributed by atoms with Gasteiger partial charge in [-0.15, -0.1) is 0 Å². The maximum atomic E-state index is 6.01. The maximum absolute atomic E-state index is 6.01.